The average Bonchev–Trinajstić information content (AvgIpc) is 2.56. The van der Waals surface area contributed by atoms with Crippen molar-refractivity contribution in [3.8, 4) is 0 Å². The van der Waals surface area contributed by atoms with Crippen LogP contribution in [0.3, 0.4) is 0 Å². The van der Waals surface area contributed by atoms with Crippen LogP contribution >= 0.6 is 35.6 Å². The van der Waals surface area contributed by atoms with Crippen LogP contribution in [-0.4, -0.2) is 19.6 Å². The van der Waals surface area contributed by atoms with Crippen LogP contribution in [-0.2, 0) is 6.42 Å². The molecule has 0 saturated carbocycles. The molecule has 2 aromatic rings. The first-order valence-corrected chi connectivity index (χ1v) is 7.83. The van der Waals surface area contributed by atoms with Gasteiger partial charge in [0.2, 0.25) is 0 Å². The van der Waals surface area contributed by atoms with E-state index in [9.17, 15) is 0 Å². The number of guanidine groups is 1. The lowest BCUT2D eigenvalue weighted by Crippen LogP contribution is -2.39. The highest BCUT2D eigenvalue weighted by molar-refractivity contribution is 14.0. The quantitative estimate of drug-likeness (QED) is 0.407. The molecule has 0 aliphatic heterocycles. The molecule has 124 valence electrons. The monoisotopic (exact) mass is 443 g/mol. The summed E-state index contributed by atoms with van der Waals surface area (Å²) >= 11 is 5.89. The topological polar surface area (TPSA) is 36.4 Å². The van der Waals surface area contributed by atoms with Gasteiger partial charge in [0.15, 0.2) is 5.96 Å². The third kappa shape index (κ3) is 6.79. The van der Waals surface area contributed by atoms with E-state index < -0.39 is 0 Å². The molecule has 0 bridgehead atoms. The molecule has 23 heavy (non-hydrogen) atoms. The minimum Gasteiger partial charge on any atom is -0.356 e. The zero-order valence-corrected chi connectivity index (χ0v) is 16.5. The molecule has 1 unspecified atom stereocenters. The molecule has 0 radical (unpaired) electrons. The fourth-order valence-electron chi connectivity index (χ4n) is 2.20. The number of nitrogens with one attached hydrogen (secondary N) is 2. The van der Waals surface area contributed by atoms with Gasteiger partial charge in [-0.25, -0.2) is 0 Å². The number of halogens is 2. The van der Waals surface area contributed by atoms with E-state index in [0.717, 1.165) is 23.9 Å². The van der Waals surface area contributed by atoms with Gasteiger partial charge in [-0.05, 0) is 36.6 Å². The van der Waals surface area contributed by atoms with Crippen molar-refractivity contribution in [1.29, 1.82) is 0 Å². The molecule has 1 atom stereocenters. The fraction of sp³-hybridized carbons (Fsp3) is 0.278. The second-order valence-corrected chi connectivity index (χ2v) is 5.59. The summed E-state index contributed by atoms with van der Waals surface area (Å²) in [6.45, 7) is 2.95. The summed E-state index contributed by atoms with van der Waals surface area (Å²) in [6, 6.07) is 18.5. The Morgan fingerprint density at radius 3 is 2.35 bits per heavy atom. The lowest BCUT2D eigenvalue weighted by Gasteiger charge is -2.18. The second-order valence-electron chi connectivity index (χ2n) is 5.15. The number of hydrogen-bond donors (Lipinski definition) is 2. The van der Waals surface area contributed by atoms with Gasteiger partial charge < -0.3 is 10.6 Å². The number of nitrogens with zero attached hydrogens (tertiary/aromatic N) is 1. The molecular formula is C18H23ClIN3. The Kier molecular flexibility index (Phi) is 9.02. The molecule has 2 rings (SSSR count). The predicted molar refractivity (Wildman–Crippen MR) is 110 cm³/mol. The van der Waals surface area contributed by atoms with E-state index in [1.807, 2.05) is 42.5 Å². The highest BCUT2D eigenvalue weighted by Gasteiger charge is 2.06. The third-order valence-electron chi connectivity index (χ3n) is 3.50. The Morgan fingerprint density at radius 2 is 1.74 bits per heavy atom. The zero-order chi connectivity index (χ0) is 15.8. The summed E-state index contributed by atoms with van der Waals surface area (Å²) in [5, 5.41) is 7.50. The van der Waals surface area contributed by atoms with Gasteiger partial charge in [0.05, 0.1) is 6.04 Å². The van der Waals surface area contributed by atoms with Crippen molar-refractivity contribution in [2.75, 3.05) is 13.6 Å². The molecule has 0 amide bonds. The van der Waals surface area contributed by atoms with Crippen LogP contribution in [0, 0.1) is 0 Å². The number of rotatable bonds is 5. The summed E-state index contributed by atoms with van der Waals surface area (Å²) in [5.74, 6) is 0.810. The smallest absolute Gasteiger partial charge is 0.191 e. The lowest BCUT2D eigenvalue weighted by molar-refractivity contribution is 0.684. The summed E-state index contributed by atoms with van der Waals surface area (Å²) in [4.78, 5) is 4.27. The van der Waals surface area contributed by atoms with Crippen LogP contribution in [0.2, 0.25) is 5.02 Å². The van der Waals surface area contributed by atoms with E-state index in [2.05, 4.69) is 34.7 Å². The third-order valence-corrected chi connectivity index (χ3v) is 3.75. The van der Waals surface area contributed by atoms with Gasteiger partial charge in [0, 0.05) is 18.6 Å². The maximum Gasteiger partial charge on any atom is 0.191 e. The maximum atomic E-state index is 5.89. The van der Waals surface area contributed by atoms with Gasteiger partial charge in [-0.1, -0.05) is 54.1 Å². The van der Waals surface area contributed by atoms with Gasteiger partial charge in [-0.15, -0.1) is 24.0 Å². The Labute approximate surface area is 160 Å². The first kappa shape index (κ1) is 19.8. The summed E-state index contributed by atoms with van der Waals surface area (Å²) < 4.78 is 0. The Hall–Kier alpha value is -1.27. The average molecular weight is 444 g/mol. The van der Waals surface area contributed by atoms with Crippen LogP contribution in [0.5, 0.6) is 0 Å². The maximum absolute atomic E-state index is 5.89. The van der Waals surface area contributed by atoms with Crippen LogP contribution in [0.25, 0.3) is 0 Å². The highest BCUT2D eigenvalue weighted by atomic mass is 127. The molecule has 0 spiro atoms. The fourth-order valence-corrected chi connectivity index (χ4v) is 2.33. The summed E-state index contributed by atoms with van der Waals surface area (Å²) in [7, 11) is 1.79. The van der Waals surface area contributed by atoms with Crippen molar-refractivity contribution in [3.63, 3.8) is 0 Å². The molecule has 0 fully saturated rings. The normalized spacial score (nSPS) is 12.2. The molecule has 0 aliphatic carbocycles. The number of benzene rings is 2. The first-order valence-electron chi connectivity index (χ1n) is 7.45. The van der Waals surface area contributed by atoms with Crippen molar-refractivity contribution >= 4 is 41.5 Å². The molecular weight excluding hydrogens is 421 g/mol. The number of aliphatic imine (C=N–C) groups is 1. The molecule has 0 aromatic heterocycles. The molecule has 2 aromatic carbocycles. The van der Waals surface area contributed by atoms with E-state index in [0.29, 0.717) is 0 Å². The van der Waals surface area contributed by atoms with Crippen molar-refractivity contribution in [1.82, 2.24) is 10.6 Å². The Balaban J connectivity index is 0.00000264. The lowest BCUT2D eigenvalue weighted by atomic mass is 10.1. The minimum atomic E-state index is 0. The van der Waals surface area contributed by atoms with Crippen molar-refractivity contribution in [2.45, 2.75) is 19.4 Å². The van der Waals surface area contributed by atoms with Crippen LogP contribution in [0.15, 0.2) is 59.6 Å². The molecule has 3 nitrogen and oxygen atoms in total. The van der Waals surface area contributed by atoms with Gasteiger partial charge in [-0.2, -0.15) is 0 Å². The van der Waals surface area contributed by atoms with Crippen molar-refractivity contribution in [2.24, 2.45) is 4.99 Å². The largest absolute Gasteiger partial charge is 0.356 e. The summed E-state index contributed by atoms with van der Waals surface area (Å²) in [6.07, 6.45) is 0.928. The van der Waals surface area contributed by atoms with E-state index >= 15 is 0 Å². The SMILES string of the molecule is CN=C(NCCc1ccc(Cl)cc1)NC(C)c1ccccc1.I. The van der Waals surface area contributed by atoms with Gasteiger partial charge in [0.25, 0.3) is 0 Å². The van der Waals surface area contributed by atoms with Crippen LogP contribution in [0.1, 0.15) is 24.1 Å². The molecule has 0 aliphatic rings. The highest BCUT2D eigenvalue weighted by Crippen LogP contribution is 2.11. The Bertz CT molecular complexity index is 599. The Morgan fingerprint density at radius 1 is 1.09 bits per heavy atom. The predicted octanol–water partition coefficient (Wildman–Crippen LogP) is 4.43. The van der Waals surface area contributed by atoms with Crippen molar-refractivity contribution < 1.29 is 0 Å². The first-order chi connectivity index (χ1) is 10.7. The number of hydrogen-bond acceptors (Lipinski definition) is 1. The molecule has 0 heterocycles. The zero-order valence-electron chi connectivity index (χ0n) is 13.4. The standard InChI is InChI=1S/C18H22ClN3.HI/c1-14(16-6-4-3-5-7-16)22-18(20-2)21-13-12-15-8-10-17(19)11-9-15;/h3-11,14H,12-13H2,1-2H3,(H2,20,21,22);1H. The van der Waals surface area contributed by atoms with E-state index in [-0.39, 0.29) is 30.0 Å². The van der Waals surface area contributed by atoms with Gasteiger partial charge in [-0.3, -0.25) is 4.99 Å². The molecule has 2 N–H and O–H groups in total. The van der Waals surface area contributed by atoms with Gasteiger partial charge in [0.1, 0.15) is 0 Å². The molecule has 0 saturated heterocycles. The molecule has 5 heteroatoms. The second kappa shape index (κ2) is 10.5. The van der Waals surface area contributed by atoms with E-state index in [1.54, 1.807) is 7.05 Å². The van der Waals surface area contributed by atoms with Crippen LogP contribution < -0.4 is 10.6 Å². The van der Waals surface area contributed by atoms with E-state index in [4.69, 9.17) is 11.6 Å². The minimum absolute atomic E-state index is 0. The van der Waals surface area contributed by atoms with Crippen LogP contribution in [0.4, 0.5) is 0 Å². The van der Waals surface area contributed by atoms with Crippen molar-refractivity contribution in [3.05, 3.63) is 70.7 Å². The summed E-state index contributed by atoms with van der Waals surface area (Å²) in [5.41, 5.74) is 2.49. The van der Waals surface area contributed by atoms with E-state index in [1.165, 1.54) is 11.1 Å². The van der Waals surface area contributed by atoms with Gasteiger partial charge >= 0.3 is 0 Å².